The summed E-state index contributed by atoms with van der Waals surface area (Å²) in [5, 5.41) is 2.17. The summed E-state index contributed by atoms with van der Waals surface area (Å²) in [6, 6.07) is 11.9. The zero-order valence-corrected chi connectivity index (χ0v) is 9.63. The van der Waals surface area contributed by atoms with Crippen LogP contribution in [0.2, 0.25) is 0 Å². The van der Waals surface area contributed by atoms with E-state index >= 15 is 0 Å². The molecule has 2 aromatic carbocycles. The van der Waals surface area contributed by atoms with Crippen LogP contribution in [0.25, 0.3) is 10.8 Å². The van der Waals surface area contributed by atoms with Crippen molar-refractivity contribution in [1.82, 2.24) is 5.43 Å². The Hall–Kier alpha value is -2.40. The van der Waals surface area contributed by atoms with E-state index in [9.17, 15) is 4.79 Å². The summed E-state index contributed by atoms with van der Waals surface area (Å²) in [6.07, 6.45) is 1.66. The van der Waals surface area contributed by atoms with Crippen molar-refractivity contribution in [2.24, 2.45) is 10.8 Å². The first-order chi connectivity index (χ1) is 8.79. The summed E-state index contributed by atoms with van der Waals surface area (Å²) in [4.78, 5) is 17.5. The lowest BCUT2D eigenvalue weighted by Gasteiger charge is -2.24. The van der Waals surface area contributed by atoms with Gasteiger partial charge in [0.1, 0.15) is 6.54 Å². The number of benzene rings is 2. The predicted molar refractivity (Wildman–Crippen MR) is 71.8 cm³/mol. The average Bonchev–Trinajstić information content (AvgIpc) is 2.42. The summed E-state index contributed by atoms with van der Waals surface area (Å²) in [7, 11) is 0. The largest absolute Gasteiger partial charge is 0.322 e. The molecule has 2 aromatic rings. The molecule has 0 spiro atoms. The van der Waals surface area contributed by atoms with Crippen LogP contribution in [-0.4, -0.2) is 18.8 Å². The summed E-state index contributed by atoms with van der Waals surface area (Å²) in [5.74, 6) is 4.86. The number of nitrogens with two attached hydrogens (primary N) is 1. The molecular weight excluding hydrogens is 228 g/mol. The third-order valence-corrected chi connectivity index (χ3v) is 2.98. The van der Waals surface area contributed by atoms with Crippen LogP contribution in [0.15, 0.2) is 41.4 Å². The molecule has 1 aliphatic rings. The molecule has 0 radical (unpaired) electrons. The van der Waals surface area contributed by atoms with E-state index in [2.05, 4.69) is 10.4 Å². The molecule has 0 unspecified atom stereocenters. The minimum absolute atomic E-state index is 0.160. The minimum Gasteiger partial charge on any atom is -0.322 e. The van der Waals surface area contributed by atoms with Crippen LogP contribution in [0.3, 0.4) is 0 Å². The molecule has 0 saturated heterocycles. The second kappa shape index (κ2) is 4.12. The fourth-order valence-electron chi connectivity index (χ4n) is 2.17. The third kappa shape index (κ3) is 1.61. The summed E-state index contributed by atoms with van der Waals surface area (Å²) in [6.45, 7) is 0.160. The predicted octanol–water partition coefficient (Wildman–Crippen LogP) is 1.31. The number of hydrazine groups is 1. The molecule has 0 fully saturated rings. The molecule has 5 heteroatoms. The fourth-order valence-corrected chi connectivity index (χ4v) is 2.17. The first kappa shape index (κ1) is 10.7. The number of rotatable bonds is 2. The van der Waals surface area contributed by atoms with E-state index in [1.165, 1.54) is 0 Å². The highest BCUT2D eigenvalue weighted by atomic mass is 16.2. The second-order valence-electron chi connectivity index (χ2n) is 4.09. The van der Waals surface area contributed by atoms with E-state index in [1.807, 2.05) is 36.4 Å². The number of anilines is 1. The Labute approximate surface area is 104 Å². The molecule has 3 N–H and O–H groups in total. The summed E-state index contributed by atoms with van der Waals surface area (Å²) >= 11 is 0. The van der Waals surface area contributed by atoms with Gasteiger partial charge in [0.15, 0.2) is 0 Å². The van der Waals surface area contributed by atoms with Gasteiger partial charge in [-0.25, -0.2) is 10.8 Å². The van der Waals surface area contributed by atoms with Crippen LogP contribution in [0.5, 0.6) is 0 Å². The Morgan fingerprint density at radius 2 is 2.06 bits per heavy atom. The average molecular weight is 240 g/mol. The lowest BCUT2D eigenvalue weighted by Crippen LogP contribution is -2.40. The van der Waals surface area contributed by atoms with E-state index in [0.29, 0.717) is 0 Å². The molecule has 1 aliphatic heterocycles. The molecule has 0 bridgehead atoms. The highest BCUT2D eigenvalue weighted by Crippen LogP contribution is 2.36. The van der Waals surface area contributed by atoms with Crippen LogP contribution in [0, 0.1) is 0 Å². The highest BCUT2D eigenvalue weighted by Gasteiger charge is 2.17. The Morgan fingerprint density at radius 1 is 1.28 bits per heavy atom. The molecule has 0 aliphatic carbocycles. The van der Waals surface area contributed by atoms with E-state index < -0.39 is 0 Å². The molecule has 0 saturated carbocycles. The van der Waals surface area contributed by atoms with Gasteiger partial charge in [-0.05, 0) is 17.5 Å². The highest BCUT2D eigenvalue weighted by molar-refractivity contribution is 6.10. The van der Waals surface area contributed by atoms with Crippen molar-refractivity contribution in [3.05, 3.63) is 36.4 Å². The van der Waals surface area contributed by atoms with E-state index in [4.69, 9.17) is 5.84 Å². The molecule has 0 aromatic heterocycles. The number of aliphatic imine (C=N–C) groups is 1. The van der Waals surface area contributed by atoms with Gasteiger partial charge in [0.2, 0.25) is 0 Å². The molecule has 1 amide bonds. The zero-order chi connectivity index (χ0) is 12.5. The number of carbonyl (C=O) groups excluding carboxylic acids is 1. The van der Waals surface area contributed by atoms with E-state index in [-0.39, 0.29) is 12.5 Å². The fraction of sp³-hybridized carbons (Fsp3) is 0.0769. The number of nitrogens with zero attached hydrogens (tertiary/aromatic N) is 2. The van der Waals surface area contributed by atoms with Crippen molar-refractivity contribution < 1.29 is 4.79 Å². The van der Waals surface area contributed by atoms with Crippen molar-refractivity contribution >= 4 is 34.4 Å². The van der Waals surface area contributed by atoms with Crippen LogP contribution >= 0.6 is 0 Å². The Balaban J connectivity index is 2.13. The lowest BCUT2D eigenvalue weighted by atomic mass is 10.1. The molecule has 18 heavy (non-hydrogen) atoms. The number of hydrogen-bond donors (Lipinski definition) is 2. The van der Waals surface area contributed by atoms with Crippen molar-refractivity contribution in [2.45, 2.75) is 0 Å². The van der Waals surface area contributed by atoms with Crippen molar-refractivity contribution in [3.8, 4) is 0 Å². The normalized spacial score (nSPS) is 12.8. The summed E-state index contributed by atoms with van der Waals surface area (Å²) in [5.41, 5.74) is 4.02. The topological polar surface area (TPSA) is 70.7 Å². The summed E-state index contributed by atoms with van der Waals surface area (Å²) < 4.78 is 0. The van der Waals surface area contributed by atoms with Gasteiger partial charge in [0.25, 0.3) is 5.91 Å². The second-order valence-corrected chi connectivity index (χ2v) is 4.09. The van der Waals surface area contributed by atoms with Crippen LogP contribution in [0.4, 0.5) is 11.4 Å². The Kier molecular flexibility index (Phi) is 2.46. The van der Waals surface area contributed by atoms with Gasteiger partial charge < -0.3 is 4.90 Å². The number of hydrogen-bond acceptors (Lipinski definition) is 4. The monoisotopic (exact) mass is 240 g/mol. The number of nitrogens with one attached hydrogen (secondary N) is 1. The number of amides is 1. The van der Waals surface area contributed by atoms with Gasteiger partial charge in [-0.2, -0.15) is 0 Å². The van der Waals surface area contributed by atoms with Crippen LogP contribution < -0.4 is 16.2 Å². The zero-order valence-electron chi connectivity index (χ0n) is 9.63. The van der Waals surface area contributed by atoms with Gasteiger partial charge >= 0.3 is 0 Å². The SMILES string of the molecule is NNC(=O)CN1C=Nc2cccc3cccc1c23. The maximum Gasteiger partial charge on any atom is 0.253 e. The molecule has 5 nitrogen and oxygen atoms in total. The molecule has 1 heterocycles. The van der Waals surface area contributed by atoms with E-state index in [1.54, 1.807) is 11.2 Å². The Morgan fingerprint density at radius 3 is 2.83 bits per heavy atom. The molecule has 0 atom stereocenters. The third-order valence-electron chi connectivity index (χ3n) is 2.98. The molecule has 3 rings (SSSR count). The first-order valence-corrected chi connectivity index (χ1v) is 5.61. The van der Waals surface area contributed by atoms with Gasteiger partial charge in [0.05, 0.1) is 17.7 Å². The maximum absolute atomic E-state index is 11.4. The Bertz CT molecular complexity index is 645. The standard InChI is InChI=1S/C13H12N4O/c14-16-12(18)7-17-8-15-10-5-1-3-9-4-2-6-11(17)13(9)10/h1-6,8H,7,14H2,(H,16,18). The lowest BCUT2D eigenvalue weighted by molar-refractivity contribution is -0.119. The maximum atomic E-state index is 11.4. The first-order valence-electron chi connectivity index (χ1n) is 5.61. The smallest absolute Gasteiger partial charge is 0.253 e. The van der Waals surface area contributed by atoms with Gasteiger partial charge in [-0.3, -0.25) is 10.2 Å². The van der Waals surface area contributed by atoms with Crippen molar-refractivity contribution in [2.75, 3.05) is 11.4 Å². The molecular formula is C13H12N4O. The molecule has 90 valence electrons. The van der Waals surface area contributed by atoms with Gasteiger partial charge in [-0.1, -0.05) is 24.3 Å². The van der Waals surface area contributed by atoms with E-state index in [0.717, 1.165) is 22.1 Å². The van der Waals surface area contributed by atoms with Crippen molar-refractivity contribution in [3.63, 3.8) is 0 Å². The van der Waals surface area contributed by atoms with Gasteiger partial charge in [-0.15, -0.1) is 0 Å². The van der Waals surface area contributed by atoms with Crippen LogP contribution in [-0.2, 0) is 4.79 Å². The number of carbonyl (C=O) groups is 1. The van der Waals surface area contributed by atoms with Crippen LogP contribution in [0.1, 0.15) is 0 Å². The van der Waals surface area contributed by atoms with Crippen molar-refractivity contribution in [1.29, 1.82) is 0 Å². The van der Waals surface area contributed by atoms with Gasteiger partial charge in [0, 0.05) is 5.39 Å². The quantitative estimate of drug-likeness (QED) is 0.472. The minimum atomic E-state index is -0.252.